The number of ether oxygens (including phenoxy) is 1. The van der Waals surface area contributed by atoms with Crippen molar-refractivity contribution in [1.29, 1.82) is 0 Å². The van der Waals surface area contributed by atoms with Crippen molar-refractivity contribution in [2.24, 2.45) is 13.0 Å². The third-order valence-corrected chi connectivity index (χ3v) is 4.77. The van der Waals surface area contributed by atoms with Crippen LogP contribution in [0.5, 0.6) is 0 Å². The first-order valence-electron chi connectivity index (χ1n) is 9.06. The van der Waals surface area contributed by atoms with Crippen molar-refractivity contribution in [2.45, 2.75) is 13.8 Å². The molecule has 0 spiro atoms. The van der Waals surface area contributed by atoms with E-state index in [4.69, 9.17) is 9.72 Å². The number of esters is 1. The van der Waals surface area contributed by atoms with E-state index in [1.165, 1.54) is 12.0 Å². The molecule has 7 heteroatoms. The molecular weight excluding hydrogens is 356 g/mol. The van der Waals surface area contributed by atoms with Crippen LogP contribution in [-0.4, -0.2) is 52.2 Å². The quantitative estimate of drug-likeness (QED) is 0.636. The maximum absolute atomic E-state index is 13.3. The number of benzene rings is 1. The van der Waals surface area contributed by atoms with Gasteiger partial charge in [-0.1, -0.05) is 37.3 Å². The third kappa shape index (κ3) is 3.60. The number of rotatable bonds is 5. The van der Waals surface area contributed by atoms with Crippen LogP contribution in [0, 0.1) is 12.8 Å². The fourth-order valence-corrected chi connectivity index (χ4v) is 3.35. The highest BCUT2D eigenvalue weighted by Gasteiger charge is 2.24. The number of nitrogens with zero attached hydrogens (tertiary/aromatic N) is 4. The number of aryl methyl sites for hydroxylation is 2. The largest absolute Gasteiger partial charge is 0.469 e. The molecule has 2 aromatic heterocycles. The number of aromatic nitrogens is 3. The van der Waals surface area contributed by atoms with Gasteiger partial charge in [-0.3, -0.25) is 14.3 Å². The molecule has 0 N–H and O–H groups in total. The summed E-state index contributed by atoms with van der Waals surface area (Å²) in [6, 6.07) is 11.5. The summed E-state index contributed by atoms with van der Waals surface area (Å²) in [6.07, 6.45) is 0. The Morgan fingerprint density at radius 2 is 1.93 bits per heavy atom. The Hall–Kier alpha value is -3.22. The molecule has 1 amide bonds. The van der Waals surface area contributed by atoms with E-state index in [2.05, 4.69) is 5.10 Å². The van der Waals surface area contributed by atoms with E-state index in [1.54, 1.807) is 24.7 Å². The van der Waals surface area contributed by atoms with Crippen molar-refractivity contribution in [2.75, 3.05) is 20.7 Å². The van der Waals surface area contributed by atoms with Gasteiger partial charge in [-0.15, -0.1) is 0 Å². The van der Waals surface area contributed by atoms with E-state index >= 15 is 0 Å². The van der Waals surface area contributed by atoms with Crippen LogP contribution < -0.4 is 0 Å². The van der Waals surface area contributed by atoms with E-state index in [-0.39, 0.29) is 18.4 Å². The molecule has 3 aromatic rings. The standard InChI is InChI=1S/C21H24N4O3/c1-13(21(27)28-5)12-24(3)20(26)16-11-17(15-9-7-6-8-10-15)22-19-18(16)14(2)23-25(19)4/h6-11,13H,12H2,1-5H3. The Kier molecular flexibility index (Phi) is 5.44. The number of pyridine rings is 1. The fourth-order valence-electron chi connectivity index (χ4n) is 3.35. The van der Waals surface area contributed by atoms with Gasteiger partial charge >= 0.3 is 5.97 Å². The lowest BCUT2D eigenvalue weighted by atomic mass is 10.0. The van der Waals surface area contributed by atoms with E-state index in [0.717, 1.165) is 16.6 Å². The summed E-state index contributed by atoms with van der Waals surface area (Å²) >= 11 is 0. The molecule has 0 fully saturated rings. The highest BCUT2D eigenvalue weighted by atomic mass is 16.5. The summed E-state index contributed by atoms with van der Waals surface area (Å²) in [5.41, 5.74) is 3.53. The zero-order chi connectivity index (χ0) is 20.4. The Morgan fingerprint density at radius 3 is 2.57 bits per heavy atom. The van der Waals surface area contributed by atoms with Gasteiger partial charge in [0.05, 0.1) is 35.4 Å². The number of fused-ring (bicyclic) bond motifs is 1. The lowest BCUT2D eigenvalue weighted by Gasteiger charge is -2.21. The predicted octanol–water partition coefficient (Wildman–Crippen LogP) is 2.82. The van der Waals surface area contributed by atoms with Crippen molar-refractivity contribution in [3.63, 3.8) is 0 Å². The van der Waals surface area contributed by atoms with Crippen LogP contribution in [-0.2, 0) is 16.6 Å². The van der Waals surface area contributed by atoms with E-state index in [0.29, 0.717) is 16.9 Å². The number of hydrogen-bond acceptors (Lipinski definition) is 5. The first kappa shape index (κ1) is 19.5. The van der Waals surface area contributed by atoms with Gasteiger partial charge in [0.25, 0.3) is 5.91 Å². The zero-order valence-corrected chi connectivity index (χ0v) is 16.8. The molecule has 0 radical (unpaired) electrons. The van der Waals surface area contributed by atoms with Gasteiger partial charge in [-0.25, -0.2) is 4.98 Å². The van der Waals surface area contributed by atoms with Gasteiger partial charge in [-0.2, -0.15) is 5.10 Å². The van der Waals surface area contributed by atoms with Crippen LogP contribution in [0.3, 0.4) is 0 Å². The van der Waals surface area contributed by atoms with Gasteiger partial charge in [0.15, 0.2) is 5.65 Å². The van der Waals surface area contributed by atoms with Crippen molar-refractivity contribution >= 4 is 22.9 Å². The molecule has 1 unspecified atom stereocenters. The molecule has 2 heterocycles. The second kappa shape index (κ2) is 7.80. The molecule has 146 valence electrons. The molecule has 3 rings (SSSR count). The van der Waals surface area contributed by atoms with Crippen LogP contribution in [0.2, 0.25) is 0 Å². The third-order valence-electron chi connectivity index (χ3n) is 4.77. The van der Waals surface area contributed by atoms with E-state index < -0.39 is 5.92 Å². The topological polar surface area (TPSA) is 77.3 Å². The number of hydrogen-bond donors (Lipinski definition) is 0. The molecular formula is C21H24N4O3. The Balaban J connectivity index is 2.08. The second-order valence-electron chi connectivity index (χ2n) is 6.94. The Morgan fingerprint density at radius 1 is 1.25 bits per heavy atom. The smallest absolute Gasteiger partial charge is 0.310 e. The number of carbonyl (C=O) groups excluding carboxylic acids is 2. The van der Waals surface area contributed by atoms with Gasteiger partial charge in [0.1, 0.15) is 0 Å². The van der Waals surface area contributed by atoms with Crippen LogP contribution in [0.1, 0.15) is 23.0 Å². The minimum atomic E-state index is -0.417. The van der Waals surface area contributed by atoms with Crippen LogP contribution in [0.4, 0.5) is 0 Å². The van der Waals surface area contributed by atoms with Gasteiger partial charge in [-0.05, 0) is 13.0 Å². The number of amides is 1. The minimum Gasteiger partial charge on any atom is -0.469 e. The number of carbonyl (C=O) groups is 2. The summed E-state index contributed by atoms with van der Waals surface area (Å²) in [7, 11) is 4.84. The van der Waals surface area contributed by atoms with Crippen molar-refractivity contribution in [3.8, 4) is 11.3 Å². The molecule has 28 heavy (non-hydrogen) atoms. The first-order valence-corrected chi connectivity index (χ1v) is 9.06. The molecule has 0 saturated heterocycles. The van der Waals surface area contributed by atoms with Crippen LogP contribution >= 0.6 is 0 Å². The SMILES string of the molecule is COC(=O)C(C)CN(C)C(=O)c1cc(-c2ccccc2)nc2c1c(C)nn2C. The average molecular weight is 380 g/mol. The minimum absolute atomic E-state index is 0.184. The summed E-state index contributed by atoms with van der Waals surface area (Å²) < 4.78 is 6.45. The number of methoxy groups -OCH3 is 1. The molecule has 0 aliphatic carbocycles. The Bertz CT molecular complexity index is 1030. The predicted molar refractivity (Wildman–Crippen MR) is 107 cm³/mol. The fraction of sp³-hybridized carbons (Fsp3) is 0.333. The monoisotopic (exact) mass is 380 g/mol. The molecule has 0 aliphatic heterocycles. The first-order chi connectivity index (χ1) is 13.3. The van der Waals surface area contributed by atoms with Crippen molar-refractivity contribution in [1.82, 2.24) is 19.7 Å². The van der Waals surface area contributed by atoms with E-state index in [9.17, 15) is 9.59 Å². The summed E-state index contributed by atoms with van der Waals surface area (Å²) in [4.78, 5) is 31.3. The summed E-state index contributed by atoms with van der Waals surface area (Å²) in [5, 5.41) is 5.17. The molecule has 1 atom stereocenters. The second-order valence-corrected chi connectivity index (χ2v) is 6.94. The molecule has 1 aromatic carbocycles. The van der Waals surface area contributed by atoms with Crippen LogP contribution in [0.15, 0.2) is 36.4 Å². The van der Waals surface area contributed by atoms with Crippen LogP contribution in [0.25, 0.3) is 22.3 Å². The van der Waals surface area contributed by atoms with Gasteiger partial charge in [0.2, 0.25) is 0 Å². The van der Waals surface area contributed by atoms with Crippen molar-refractivity contribution in [3.05, 3.63) is 47.7 Å². The maximum atomic E-state index is 13.3. The van der Waals surface area contributed by atoms with Gasteiger partial charge in [0, 0.05) is 26.2 Å². The Labute approximate surface area is 163 Å². The van der Waals surface area contributed by atoms with Gasteiger partial charge < -0.3 is 9.64 Å². The molecule has 0 saturated carbocycles. The zero-order valence-electron chi connectivity index (χ0n) is 16.8. The molecule has 0 aliphatic rings. The average Bonchev–Trinajstić information content (AvgIpc) is 3.00. The summed E-state index contributed by atoms with van der Waals surface area (Å²) in [5.74, 6) is -0.946. The highest BCUT2D eigenvalue weighted by Crippen LogP contribution is 2.27. The lowest BCUT2D eigenvalue weighted by Crippen LogP contribution is -2.34. The summed E-state index contributed by atoms with van der Waals surface area (Å²) in [6.45, 7) is 3.86. The highest BCUT2D eigenvalue weighted by molar-refractivity contribution is 6.07. The maximum Gasteiger partial charge on any atom is 0.310 e. The van der Waals surface area contributed by atoms with Crippen molar-refractivity contribution < 1.29 is 14.3 Å². The lowest BCUT2D eigenvalue weighted by molar-refractivity contribution is -0.145. The normalized spacial score (nSPS) is 12.0. The molecule has 0 bridgehead atoms. The molecule has 7 nitrogen and oxygen atoms in total. The van der Waals surface area contributed by atoms with E-state index in [1.807, 2.05) is 44.3 Å².